The molecule has 0 unspecified atom stereocenters. The highest BCUT2D eigenvalue weighted by Gasteiger charge is 2.43. The van der Waals surface area contributed by atoms with Crippen LogP contribution in [-0.2, 0) is 21.4 Å². The quantitative estimate of drug-likeness (QED) is 0.570. The molecule has 1 heterocycles. The Morgan fingerprint density at radius 2 is 1.78 bits per heavy atom. The summed E-state index contributed by atoms with van der Waals surface area (Å²) in [5.41, 5.74) is 0.0223. The van der Waals surface area contributed by atoms with E-state index in [4.69, 9.17) is 4.74 Å². The number of hydrogen-bond donors (Lipinski definition) is 2. The van der Waals surface area contributed by atoms with Crippen LogP contribution in [0, 0.1) is 0 Å². The van der Waals surface area contributed by atoms with Crippen molar-refractivity contribution < 1.29 is 17.9 Å². The number of sulfonamides is 1. The number of hydrogen-bond acceptors (Lipinski definition) is 5. The minimum atomic E-state index is -3.98. The first kappa shape index (κ1) is 22.2. The van der Waals surface area contributed by atoms with Crippen molar-refractivity contribution in [2.45, 2.75) is 49.1 Å². The predicted molar refractivity (Wildman–Crippen MR) is 123 cm³/mol. The van der Waals surface area contributed by atoms with Crippen LogP contribution in [0.1, 0.15) is 37.7 Å². The average Bonchev–Trinajstić information content (AvgIpc) is 2.82. The maximum Gasteiger partial charge on any atom is 0.243 e. The molecule has 0 saturated heterocycles. The molecule has 2 N–H and O–H groups in total. The fraction of sp³-hybridized carbons (Fsp3) is 0.333. The predicted octanol–water partition coefficient (Wildman–Crippen LogP) is 3.54. The molecule has 4 rings (SSSR count). The van der Waals surface area contributed by atoms with E-state index in [0.717, 1.165) is 30.2 Å². The highest BCUT2D eigenvalue weighted by atomic mass is 32.2. The summed E-state index contributed by atoms with van der Waals surface area (Å²) >= 11 is 0. The molecular weight excluding hydrogens is 426 g/mol. The average molecular weight is 454 g/mol. The molecule has 32 heavy (non-hydrogen) atoms. The molecule has 1 saturated carbocycles. The van der Waals surface area contributed by atoms with Crippen molar-refractivity contribution >= 4 is 26.8 Å². The van der Waals surface area contributed by atoms with Gasteiger partial charge in [0.05, 0.1) is 12.6 Å². The number of methoxy groups -OCH3 is 1. The highest BCUT2D eigenvalue weighted by molar-refractivity contribution is 7.89. The number of carbonyl (C=O) groups excluding carboxylic acids is 1. The third-order valence-electron chi connectivity index (χ3n) is 5.99. The summed E-state index contributed by atoms with van der Waals surface area (Å²) in [7, 11) is -2.40. The smallest absolute Gasteiger partial charge is 0.243 e. The first-order valence-electron chi connectivity index (χ1n) is 10.7. The van der Waals surface area contributed by atoms with Gasteiger partial charge in [0.1, 0.15) is 16.2 Å². The molecule has 1 amide bonds. The number of pyridine rings is 1. The number of fused-ring (bicyclic) bond motifs is 1. The van der Waals surface area contributed by atoms with Gasteiger partial charge in [-0.05, 0) is 31.0 Å². The van der Waals surface area contributed by atoms with Gasteiger partial charge in [-0.1, -0.05) is 55.7 Å². The Labute approximate surface area is 188 Å². The van der Waals surface area contributed by atoms with Gasteiger partial charge < -0.3 is 10.1 Å². The van der Waals surface area contributed by atoms with Gasteiger partial charge in [0, 0.05) is 23.7 Å². The normalized spacial score (nSPS) is 15.9. The number of para-hydroxylation sites is 2. The molecule has 0 atom stereocenters. The monoisotopic (exact) mass is 453 g/mol. The molecular formula is C24H27N3O4S. The van der Waals surface area contributed by atoms with Crippen molar-refractivity contribution in [3.05, 3.63) is 66.4 Å². The number of ether oxygens (including phenoxy) is 1. The van der Waals surface area contributed by atoms with Crippen molar-refractivity contribution in [2.75, 3.05) is 7.11 Å². The standard InChI is InChI=1S/C24H27N3O4S/c1-31-20-12-4-3-9-19(20)17-26-23(28)24(14-5-2-6-15-24)27-32(29,30)21-13-7-10-18-11-8-16-25-22(18)21/h3-4,7-13,16,27H,2,5-6,14-15,17H2,1H3,(H,26,28). The molecule has 1 aliphatic carbocycles. The van der Waals surface area contributed by atoms with Gasteiger partial charge in [0.25, 0.3) is 0 Å². The van der Waals surface area contributed by atoms with Crippen LogP contribution in [0.2, 0.25) is 0 Å². The zero-order valence-electron chi connectivity index (χ0n) is 18.0. The molecule has 1 aliphatic rings. The molecule has 8 heteroatoms. The lowest BCUT2D eigenvalue weighted by Crippen LogP contribution is -2.59. The van der Waals surface area contributed by atoms with Gasteiger partial charge in [0.2, 0.25) is 15.9 Å². The van der Waals surface area contributed by atoms with E-state index < -0.39 is 15.6 Å². The van der Waals surface area contributed by atoms with Crippen LogP contribution in [0.5, 0.6) is 5.75 Å². The van der Waals surface area contributed by atoms with Crippen LogP contribution in [0.4, 0.5) is 0 Å². The number of nitrogens with zero attached hydrogens (tertiary/aromatic N) is 1. The number of nitrogens with one attached hydrogen (secondary N) is 2. The second kappa shape index (κ2) is 9.26. The minimum absolute atomic E-state index is 0.0816. The van der Waals surface area contributed by atoms with Crippen molar-refractivity contribution in [3.63, 3.8) is 0 Å². The van der Waals surface area contributed by atoms with Gasteiger partial charge in [-0.15, -0.1) is 0 Å². The largest absolute Gasteiger partial charge is 0.496 e. The summed E-state index contributed by atoms with van der Waals surface area (Å²) in [6.45, 7) is 0.252. The van der Waals surface area contributed by atoms with E-state index in [0.29, 0.717) is 24.1 Å². The lowest BCUT2D eigenvalue weighted by Gasteiger charge is -2.36. The van der Waals surface area contributed by atoms with E-state index in [1.807, 2.05) is 36.4 Å². The van der Waals surface area contributed by atoms with Gasteiger partial charge in [-0.2, -0.15) is 4.72 Å². The summed E-state index contributed by atoms with van der Waals surface area (Å²) in [6, 6.07) is 16.0. The lowest BCUT2D eigenvalue weighted by molar-refractivity contribution is -0.128. The van der Waals surface area contributed by atoms with Gasteiger partial charge >= 0.3 is 0 Å². The third kappa shape index (κ3) is 4.47. The van der Waals surface area contributed by atoms with Crippen molar-refractivity contribution in [1.29, 1.82) is 0 Å². The maximum absolute atomic E-state index is 13.4. The third-order valence-corrected chi connectivity index (χ3v) is 7.56. The fourth-order valence-electron chi connectivity index (χ4n) is 4.33. The number of benzene rings is 2. The van der Waals surface area contributed by atoms with E-state index in [1.54, 1.807) is 25.4 Å². The zero-order chi connectivity index (χ0) is 22.6. The van der Waals surface area contributed by atoms with Gasteiger partial charge in [0.15, 0.2) is 0 Å². The van der Waals surface area contributed by atoms with Crippen LogP contribution >= 0.6 is 0 Å². The van der Waals surface area contributed by atoms with Crippen molar-refractivity contribution in [1.82, 2.24) is 15.0 Å². The van der Waals surface area contributed by atoms with E-state index >= 15 is 0 Å². The Hall–Kier alpha value is -2.97. The molecule has 2 aromatic carbocycles. The first-order valence-corrected chi connectivity index (χ1v) is 12.2. The van der Waals surface area contributed by atoms with Crippen LogP contribution in [0.15, 0.2) is 65.7 Å². The van der Waals surface area contributed by atoms with Gasteiger partial charge in [-0.25, -0.2) is 8.42 Å². The van der Waals surface area contributed by atoms with Gasteiger partial charge in [-0.3, -0.25) is 9.78 Å². The molecule has 3 aromatic rings. The Morgan fingerprint density at radius 1 is 1.03 bits per heavy atom. The minimum Gasteiger partial charge on any atom is -0.496 e. The number of amides is 1. The molecule has 1 fully saturated rings. The Morgan fingerprint density at radius 3 is 2.56 bits per heavy atom. The van der Waals surface area contributed by atoms with Crippen LogP contribution < -0.4 is 14.8 Å². The van der Waals surface area contributed by atoms with E-state index in [2.05, 4.69) is 15.0 Å². The fourth-order valence-corrected chi connectivity index (χ4v) is 5.93. The Balaban J connectivity index is 1.62. The lowest BCUT2D eigenvalue weighted by atomic mass is 9.82. The van der Waals surface area contributed by atoms with Crippen molar-refractivity contribution in [3.8, 4) is 5.75 Å². The van der Waals surface area contributed by atoms with E-state index in [1.165, 1.54) is 6.07 Å². The highest BCUT2D eigenvalue weighted by Crippen LogP contribution is 2.32. The Kier molecular flexibility index (Phi) is 6.43. The maximum atomic E-state index is 13.4. The van der Waals surface area contributed by atoms with Crippen LogP contribution in [0.25, 0.3) is 10.9 Å². The number of aromatic nitrogens is 1. The van der Waals surface area contributed by atoms with Crippen molar-refractivity contribution in [2.24, 2.45) is 0 Å². The van der Waals surface area contributed by atoms with Crippen LogP contribution in [0.3, 0.4) is 0 Å². The molecule has 168 valence electrons. The molecule has 0 spiro atoms. The number of rotatable bonds is 7. The summed E-state index contributed by atoms with van der Waals surface area (Å²) < 4.78 is 35.0. The summed E-state index contributed by atoms with van der Waals surface area (Å²) in [4.78, 5) is 17.7. The van der Waals surface area contributed by atoms with E-state index in [-0.39, 0.29) is 17.3 Å². The summed E-state index contributed by atoms with van der Waals surface area (Å²) in [5, 5.41) is 3.66. The molecule has 1 aromatic heterocycles. The molecule has 0 bridgehead atoms. The molecule has 0 radical (unpaired) electrons. The topological polar surface area (TPSA) is 97.4 Å². The second-order valence-corrected chi connectivity index (χ2v) is 9.72. The molecule has 7 nitrogen and oxygen atoms in total. The van der Waals surface area contributed by atoms with Crippen LogP contribution in [-0.4, -0.2) is 32.0 Å². The molecule has 0 aliphatic heterocycles. The summed E-state index contributed by atoms with van der Waals surface area (Å²) in [6.07, 6.45) is 4.98. The summed E-state index contributed by atoms with van der Waals surface area (Å²) in [5.74, 6) is 0.354. The Bertz CT molecular complexity index is 1220. The first-order chi connectivity index (χ1) is 15.5. The zero-order valence-corrected chi connectivity index (χ0v) is 18.8. The SMILES string of the molecule is COc1ccccc1CNC(=O)C1(NS(=O)(=O)c2cccc3cccnc23)CCCCC1. The number of carbonyl (C=O) groups is 1. The van der Waals surface area contributed by atoms with E-state index in [9.17, 15) is 13.2 Å². The second-order valence-electron chi connectivity index (χ2n) is 8.07.